The maximum absolute atomic E-state index is 5.02. The molecule has 2 heterocycles. The van der Waals surface area contributed by atoms with E-state index in [1.54, 1.807) is 0 Å². The molecule has 1 fully saturated rings. The molecule has 0 atom stereocenters. The lowest BCUT2D eigenvalue weighted by Crippen LogP contribution is -2.47. The van der Waals surface area contributed by atoms with Crippen LogP contribution in [0.2, 0.25) is 0 Å². The topological polar surface area (TPSA) is 32.3 Å². The Morgan fingerprint density at radius 2 is 2.07 bits per heavy atom. The normalized spacial score (nSPS) is 16.9. The predicted octanol–water partition coefficient (Wildman–Crippen LogP) is 1.18. The van der Waals surface area contributed by atoms with Gasteiger partial charge in [-0.25, -0.2) is 4.98 Å². The third-order valence-corrected chi connectivity index (χ3v) is 3.75. The number of anilines is 1. The van der Waals surface area contributed by atoms with Crippen LogP contribution < -0.4 is 4.90 Å². The van der Waals surface area contributed by atoms with E-state index in [2.05, 4.69) is 31.8 Å². The van der Waals surface area contributed by atoms with Gasteiger partial charge in [-0.15, -0.1) is 12.6 Å². The van der Waals surface area contributed by atoms with E-state index >= 15 is 0 Å². The number of thiol groups is 1. The van der Waals surface area contributed by atoms with E-state index in [0.29, 0.717) is 4.32 Å². The van der Waals surface area contributed by atoms with E-state index in [-0.39, 0.29) is 0 Å². The van der Waals surface area contributed by atoms with Crippen molar-refractivity contribution in [3.05, 3.63) is 5.82 Å². The summed E-state index contributed by atoms with van der Waals surface area (Å²) in [6.45, 7) is 5.63. The molecule has 0 saturated carbocycles. The molecule has 1 aromatic rings. The average Bonchev–Trinajstić information content (AvgIpc) is 2.65. The minimum atomic E-state index is 0.683. The Kier molecular flexibility index (Phi) is 3.42. The van der Waals surface area contributed by atoms with Crippen molar-refractivity contribution in [1.82, 2.24) is 14.3 Å². The molecule has 2 rings (SSSR count). The van der Waals surface area contributed by atoms with Gasteiger partial charge in [0.25, 0.3) is 0 Å². The highest BCUT2D eigenvalue weighted by Gasteiger charge is 2.19. The molecule has 0 radical (unpaired) electrons. The van der Waals surface area contributed by atoms with Crippen LogP contribution in [0.3, 0.4) is 0 Å². The van der Waals surface area contributed by atoms with Gasteiger partial charge in [0.15, 0.2) is 0 Å². The summed E-state index contributed by atoms with van der Waals surface area (Å²) >= 11 is 10.7. The molecule has 0 bridgehead atoms. The molecule has 1 aliphatic heterocycles. The molecule has 4 nitrogen and oxygen atoms in total. The molecule has 0 unspecified atom stereocenters. The first-order valence-electron chi connectivity index (χ1n) is 4.70. The summed E-state index contributed by atoms with van der Waals surface area (Å²) in [5.41, 5.74) is 0. The highest BCUT2D eigenvalue weighted by Crippen LogP contribution is 2.18. The van der Waals surface area contributed by atoms with Gasteiger partial charge in [0, 0.05) is 37.7 Å². The number of rotatable bonds is 1. The van der Waals surface area contributed by atoms with Crippen LogP contribution in [0.1, 0.15) is 5.82 Å². The number of nitrogens with zero attached hydrogens (tertiary/aromatic N) is 4. The summed E-state index contributed by atoms with van der Waals surface area (Å²) in [5.74, 6) is 0.849. The molecule has 0 aliphatic carbocycles. The molecule has 0 N–H and O–H groups in total. The molecule has 0 spiro atoms. The summed E-state index contributed by atoms with van der Waals surface area (Å²) in [6.07, 6.45) is 0. The van der Waals surface area contributed by atoms with E-state index in [0.717, 1.165) is 37.1 Å². The lowest BCUT2D eigenvalue weighted by atomic mass is 10.3. The molecule has 1 aromatic heterocycles. The summed E-state index contributed by atoms with van der Waals surface area (Å²) in [6, 6.07) is 0. The molecule has 0 aromatic carbocycles. The summed E-state index contributed by atoms with van der Waals surface area (Å²) in [7, 11) is 0. The van der Waals surface area contributed by atoms with Gasteiger partial charge in [-0.1, -0.05) is 12.2 Å². The zero-order valence-electron chi connectivity index (χ0n) is 8.38. The van der Waals surface area contributed by atoms with Crippen molar-refractivity contribution in [3.63, 3.8) is 0 Å². The van der Waals surface area contributed by atoms with Crippen LogP contribution >= 0.6 is 36.4 Å². The van der Waals surface area contributed by atoms with Crippen molar-refractivity contribution in [2.45, 2.75) is 6.92 Å². The fourth-order valence-electron chi connectivity index (χ4n) is 1.50. The SMILES string of the molecule is Cc1nsc(N2CCN(C(=S)S)CC2)n1. The monoisotopic (exact) mass is 260 g/mol. The van der Waals surface area contributed by atoms with Crippen molar-refractivity contribution in [1.29, 1.82) is 0 Å². The Bertz CT molecular complexity index is 357. The van der Waals surface area contributed by atoms with Crippen molar-refractivity contribution < 1.29 is 0 Å². The Balaban J connectivity index is 1.96. The van der Waals surface area contributed by atoms with Crippen LogP contribution in [0.4, 0.5) is 5.13 Å². The smallest absolute Gasteiger partial charge is 0.205 e. The fourth-order valence-corrected chi connectivity index (χ4v) is 2.61. The van der Waals surface area contributed by atoms with E-state index in [9.17, 15) is 0 Å². The van der Waals surface area contributed by atoms with E-state index in [4.69, 9.17) is 12.2 Å². The van der Waals surface area contributed by atoms with Gasteiger partial charge in [-0.05, 0) is 6.92 Å². The first-order valence-corrected chi connectivity index (χ1v) is 6.33. The van der Waals surface area contributed by atoms with Gasteiger partial charge >= 0.3 is 0 Å². The molecule has 1 aliphatic rings. The van der Waals surface area contributed by atoms with Crippen molar-refractivity contribution in [3.8, 4) is 0 Å². The molecule has 7 heteroatoms. The van der Waals surface area contributed by atoms with Gasteiger partial charge < -0.3 is 9.80 Å². The van der Waals surface area contributed by atoms with Gasteiger partial charge in [0.1, 0.15) is 10.1 Å². The van der Waals surface area contributed by atoms with Crippen LogP contribution in [0, 0.1) is 6.92 Å². The predicted molar refractivity (Wildman–Crippen MR) is 70.0 cm³/mol. The molecular weight excluding hydrogens is 248 g/mol. The second-order valence-electron chi connectivity index (χ2n) is 3.38. The molecular formula is C8H12N4S3. The summed E-state index contributed by atoms with van der Waals surface area (Å²) in [5, 5.41) is 1.01. The molecule has 15 heavy (non-hydrogen) atoms. The third kappa shape index (κ3) is 2.59. The van der Waals surface area contributed by atoms with Crippen LogP contribution in [0.5, 0.6) is 0 Å². The van der Waals surface area contributed by atoms with Crippen LogP contribution in [0.25, 0.3) is 0 Å². The minimum Gasteiger partial charge on any atom is -0.354 e. The Morgan fingerprint density at radius 3 is 2.53 bits per heavy atom. The van der Waals surface area contributed by atoms with E-state index in [1.807, 2.05) is 6.92 Å². The van der Waals surface area contributed by atoms with Crippen LogP contribution in [-0.2, 0) is 0 Å². The summed E-state index contributed by atoms with van der Waals surface area (Å²) in [4.78, 5) is 8.71. The summed E-state index contributed by atoms with van der Waals surface area (Å²) < 4.78 is 4.86. The standard InChI is InChI=1S/C8H12N4S3/c1-6-9-7(15-10-6)11-2-4-12(5-3-11)8(13)14/h2-5H2,1H3,(H,13,14). The highest BCUT2D eigenvalue weighted by atomic mass is 32.1. The number of thiocarbonyl (C=S) groups is 1. The number of hydrogen-bond donors (Lipinski definition) is 1. The van der Waals surface area contributed by atoms with Crippen molar-refractivity contribution >= 4 is 45.8 Å². The Labute approximate surface area is 104 Å². The van der Waals surface area contributed by atoms with Crippen LogP contribution in [0.15, 0.2) is 0 Å². The molecule has 1 saturated heterocycles. The Morgan fingerprint density at radius 1 is 1.40 bits per heavy atom. The average molecular weight is 260 g/mol. The molecule has 0 amide bonds. The number of hydrogen-bond acceptors (Lipinski definition) is 5. The maximum Gasteiger partial charge on any atom is 0.205 e. The first-order chi connectivity index (χ1) is 7.16. The first kappa shape index (κ1) is 11.1. The lowest BCUT2D eigenvalue weighted by Gasteiger charge is -2.34. The fraction of sp³-hybridized carbons (Fsp3) is 0.625. The van der Waals surface area contributed by atoms with Gasteiger partial charge in [0.2, 0.25) is 5.13 Å². The number of aryl methyl sites for hydroxylation is 1. The second kappa shape index (κ2) is 4.63. The molecule has 82 valence electrons. The van der Waals surface area contributed by atoms with Crippen LogP contribution in [-0.4, -0.2) is 44.8 Å². The Hall–Kier alpha value is -0.400. The van der Waals surface area contributed by atoms with E-state index in [1.165, 1.54) is 11.5 Å². The minimum absolute atomic E-state index is 0.683. The maximum atomic E-state index is 5.02. The zero-order valence-corrected chi connectivity index (χ0v) is 10.9. The van der Waals surface area contributed by atoms with Gasteiger partial charge in [-0.3, -0.25) is 0 Å². The highest BCUT2D eigenvalue weighted by molar-refractivity contribution is 8.10. The third-order valence-electron chi connectivity index (χ3n) is 2.34. The largest absolute Gasteiger partial charge is 0.354 e. The zero-order chi connectivity index (χ0) is 10.8. The number of piperazine rings is 1. The van der Waals surface area contributed by atoms with Gasteiger partial charge in [0.05, 0.1) is 0 Å². The van der Waals surface area contributed by atoms with Crippen molar-refractivity contribution in [2.24, 2.45) is 0 Å². The van der Waals surface area contributed by atoms with E-state index < -0.39 is 0 Å². The number of aromatic nitrogens is 2. The quantitative estimate of drug-likeness (QED) is 0.605. The van der Waals surface area contributed by atoms with Crippen molar-refractivity contribution in [2.75, 3.05) is 31.1 Å². The van der Waals surface area contributed by atoms with Gasteiger partial charge in [-0.2, -0.15) is 4.37 Å². The second-order valence-corrected chi connectivity index (χ2v) is 5.22. The lowest BCUT2D eigenvalue weighted by molar-refractivity contribution is 0.397.